The highest BCUT2D eigenvalue weighted by Crippen LogP contribution is 2.01. The normalized spacial score (nSPS) is 8.15. The largest absolute Gasteiger partial charge is 0.482 e. The minimum Gasteiger partial charge on any atom is -0.429 e. The van der Waals surface area contributed by atoms with Crippen molar-refractivity contribution >= 4 is 7.69 Å². The zero-order valence-corrected chi connectivity index (χ0v) is 7.56. The monoisotopic (exact) mass is 177 g/mol. The molecule has 0 bridgehead atoms. The number of hydrogen-bond acceptors (Lipinski definition) is 2. The molecule has 0 saturated heterocycles. The maximum atomic E-state index is 7.00. The molecule has 0 fully saturated rings. The average Bonchev–Trinajstić information content (AvgIpc) is 2.18. The SMILES string of the molecule is C=CCCc1ccccc1.O[B]O. The Bertz CT molecular complexity index is 211. The van der Waals surface area contributed by atoms with Crippen molar-refractivity contribution in [3.8, 4) is 0 Å². The van der Waals surface area contributed by atoms with Crippen LogP contribution < -0.4 is 0 Å². The molecule has 13 heavy (non-hydrogen) atoms. The Labute approximate surface area is 79.9 Å². The lowest BCUT2D eigenvalue weighted by molar-refractivity contribution is 0.448. The van der Waals surface area contributed by atoms with Crippen molar-refractivity contribution in [2.75, 3.05) is 0 Å². The third-order valence-electron chi connectivity index (χ3n) is 1.48. The Balaban J connectivity index is 0.000000424. The van der Waals surface area contributed by atoms with Crippen molar-refractivity contribution < 1.29 is 10.0 Å². The Morgan fingerprint density at radius 2 is 1.77 bits per heavy atom. The predicted molar refractivity (Wildman–Crippen MR) is 55.2 cm³/mol. The molecule has 2 N–H and O–H groups in total. The smallest absolute Gasteiger partial charge is 0.429 e. The van der Waals surface area contributed by atoms with E-state index in [1.807, 2.05) is 12.1 Å². The quantitative estimate of drug-likeness (QED) is 0.539. The summed E-state index contributed by atoms with van der Waals surface area (Å²) in [6, 6.07) is 10.5. The molecule has 69 valence electrons. The topological polar surface area (TPSA) is 40.5 Å². The van der Waals surface area contributed by atoms with E-state index >= 15 is 0 Å². The number of allylic oxidation sites excluding steroid dienone is 1. The third-order valence-corrected chi connectivity index (χ3v) is 1.48. The van der Waals surface area contributed by atoms with Gasteiger partial charge in [0.1, 0.15) is 0 Å². The summed E-state index contributed by atoms with van der Waals surface area (Å²) in [7, 11) is 0. The number of aryl methyl sites for hydroxylation is 1. The molecule has 0 aliphatic rings. The Kier molecular flexibility index (Phi) is 8.30. The molecule has 3 heteroatoms. The van der Waals surface area contributed by atoms with E-state index in [0.29, 0.717) is 0 Å². The molecule has 0 spiro atoms. The molecule has 0 heterocycles. The molecule has 1 radical (unpaired) electrons. The highest BCUT2D eigenvalue weighted by Gasteiger charge is 1.85. The molecule has 1 rings (SSSR count). The first-order chi connectivity index (χ1) is 6.35. The van der Waals surface area contributed by atoms with Crippen LogP contribution in [0, 0.1) is 0 Å². The fraction of sp³-hybridized carbons (Fsp3) is 0.200. The minimum atomic E-state index is 0. The van der Waals surface area contributed by atoms with E-state index in [0.717, 1.165) is 12.8 Å². The first-order valence-corrected chi connectivity index (χ1v) is 4.10. The van der Waals surface area contributed by atoms with Gasteiger partial charge in [0.25, 0.3) is 0 Å². The summed E-state index contributed by atoms with van der Waals surface area (Å²) in [6.07, 6.45) is 4.14. The number of rotatable bonds is 3. The first-order valence-electron chi connectivity index (χ1n) is 4.10. The zero-order valence-electron chi connectivity index (χ0n) is 7.56. The molecule has 1 aromatic rings. The summed E-state index contributed by atoms with van der Waals surface area (Å²) in [6.45, 7) is 3.68. The summed E-state index contributed by atoms with van der Waals surface area (Å²) >= 11 is 0. The van der Waals surface area contributed by atoms with Crippen molar-refractivity contribution in [2.24, 2.45) is 0 Å². The van der Waals surface area contributed by atoms with Crippen LogP contribution in [0.25, 0.3) is 0 Å². The van der Waals surface area contributed by atoms with Gasteiger partial charge in [0.2, 0.25) is 0 Å². The lowest BCUT2D eigenvalue weighted by Gasteiger charge is -1.94. The maximum absolute atomic E-state index is 7.00. The Morgan fingerprint density at radius 1 is 1.23 bits per heavy atom. The molecule has 0 atom stereocenters. The van der Waals surface area contributed by atoms with E-state index in [4.69, 9.17) is 10.0 Å². The highest BCUT2D eigenvalue weighted by molar-refractivity contribution is 6.13. The van der Waals surface area contributed by atoms with Crippen LogP contribution in [-0.4, -0.2) is 17.7 Å². The van der Waals surface area contributed by atoms with Gasteiger partial charge in [-0.3, -0.25) is 0 Å². The molecule has 0 amide bonds. The van der Waals surface area contributed by atoms with Crippen molar-refractivity contribution in [3.05, 3.63) is 48.6 Å². The fourth-order valence-electron chi connectivity index (χ4n) is 0.913. The molecular formula is C10H14BO2. The van der Waals surface area contributed by atoms with E-state index < -0.39 is 0 Å². The standard InChI is InChI=1S/C10H12.BH2O2/c1-2-3-7-10-8-5-4-6-9-10;2-1-3/h2,4-6,8-9H,1,3,7H2;2-3H. The number of hydrogen-bond donors (Lipinski definition) is 2. The van der Waals surface area contributed by atoms with Crippen molar-refractivity contribution in [3.63, 3.8) is 0 Å². The van der Waals surface area contributed by atoms with Gasteiger partial charge in [0.05, 0.1) is 0 Å². The van der Waals surface area contributed by atoms with Gasteiger partial charge in [0.15, 0.2) is 0 Å². The van der Waals surface area contributed by atoms with E-state index in [1.54, 1.807) is 0 Å². The van der Waals surface area contributed by atoms with Crippen LogP contribution in [-0.2, 0) is 6.42 Å². The first kappa shape index (κ1) is 11.9. The van der Waals surface area contributed by atoms with Gasteiger partial charge < -0.3 is 10.0 Å². The van der Waals surface area contributed by atoms with Crippen molar-refractivity contribution in [1.82, 2.24) is 0 Å². The van der Waals surface area contributed by atoms with Crippen molar-refractivity contribution in [1.29, 1.82) is 0 Å². The van der Waals surface area contributed by atoms with Gasteiger partial charge in [-0.15, -0.1) is 6.58 Å². The molecule has 0 aromatic heterocycles. The van der Waals surface area contributed by atoms with Crippen LogP contribution in [0.2, 0.25) is 0 Å². The minimum absolute atomic E-state index is 0. The molecule has 0 unspecified atom stereocenters. The summed E-state index contributed by atoms with van der Waals surface area (Å²) in [5, 5.41) is 14.0. The molecule has 0 aliphatic carbocycles. The van der Waals surface area contributed by atoms with Crippen LogP contribution in [0.5, 0.6) is 0 Å². The second-order valence-corrected chi connectivity index (χ2v) is 2.43. The summed E-state index contributed by atoms with van der Waals surface area (Å²) < 4.78 is 0. The van der Waals surface area contributed by atoms with E-state index in [9.17, 15) is 0 Å². The van der Waals surface area contributed by atoms with E-state index in [2.05, 4.69) is 30.8 Å². The second-order valence-electron chi connectivity index (χ2n) is 2.43. The Hall–Kier alpha value is -1.06. The van der Waals surface area contributed by atoms with Gasteiger partial charge in [-0.05, 0) is 18.4 Å². The lowest BCUT2D eigenvalue weighted by atomic mass is 10.1. The lowest BCUT2D eigenvalue weighted by Crippen LogP contribution is -1.79. The average molecular weight is 177 g/mol. The molecule has 1 aromatic carbocycles. The second kappa shape index (κ2) is 9.04. The summed E-state index contributed by atoms with van der Waals surface area (Å²) in [5.74, 6) is 0. The van der Waals surface area contributed by atoms with E-state index in [-0.39, 0.29) is 7.69 Å². The molecular weight excluding hydrogens is 163 g/mol. The maximum Gasteiger partial charge on any atom is 0.482 e. The van der Waals surface area contributed by atoms with Crippen molar-refractivity contribution in [2.45, 2.75) is 12.8 Å². The van der Waals surface area contributed by atoms with Crippen LogP contribution >= 0.6 is 0 Å². The summed E-state index contributed by atoms with van der Waals surface area (Å²) in [4.78, 5) is 0. The van der Waals surface area contributed by atoms with E-state index in [1.165, 1.54) is 5.56 Å². The third kappa shape index (κ3) is 7.31. The zero-order chi connectivity index (χ0) is 9.94. The van der Waals surface area contributed by atoms with Gasteiger partial charge in [-0.1, -0.05) is 36.4 Å². The van der Waals surface area contributed by atoms with Gasteiger partial charge in [-0.25, -0.2) is 0 Å². The highest BCUT2D eigenvalue weighted by atomic mass is 16.4. The predicted octanol–water partition coefficient (Wildman–Crippen LogP) is 1.31. The van der Waals surface area contributed by atoms with Crippen LogP contribution in [0.4, 0.5) is 0 Å². The van der Waals surface area contributed by atoms with Gasteiger partial charge in [-0.2, -0.15) is 0 Å². The van der Waals surface area contributed by atoms with Crippen LogP contribution in [0.3, 0.4) is 0 Å². The van der Waals surface area contributed by atoms with Crippen LogP contribution in [0.1, 0.15) is 12.0 Å². The molecule has 0 saturated carbocycles. The van der Waals surface area contributed by atoms with Gasteiger partial charge in [0, 0.05) is 0 Å². The summed E-state index contributed by atoms with van der Waals surface area (Å²) in [5.41, 5.74) is 1.39. The molecule has 2 nitrogen and oxygen atoms in total. The fourth-order valence-corrected chi connectivity index (χ4v) is 0.913. The van der Waals surface area contributed by atoms with Crippen LogP contribution in [0.15, 0.2) is 43.0 Å². The van der Waals surface area contributed by atoms with Gasteiger partial charge >= 0.3 is 7.69 Å². The number of benzene rings is 1. The molecule has 0 aliphatic heterocycles. The Morgan fingerprint density at radius 3 is 2.23 bits per heavy atom.